The van der Waals surface area contributed by atoms with Crippen molar-refractivity contribution >= 4 is 21.7 Å². The number of piperidine rings is 1. The van der Waals surface area contributed by atoms with Crippen molar-refractivity contribution < 1.29 is 31.1 Å². The van der Waals surface area contributed by atoms with E-state index in [9.17, 15) is 26.4 Å². The van der Waals surface area contributed by atoms with E-state index in [4.69, 9.17) is 4.74 Å². The third kappa shape index (κ3) is 4.58. The Morgan fingerprint density at radius 3 is 2.30 bits per heavy atom. The van der Waals surface area contributed by atoms with Crippen LogP contribution in [0.4, 0.5) is 19.0 Å². The minimum atomic E-state index is -4.55. The molecule has 1 aliphatic rings. The van der Waals surface area contributed by atoms with Gasteiger partial charge in [0.2, 0.25) is 15.9 Å². The first-order chi connectivity index (χ1) is 12.4. The molecule has 1 aromatic heterocycles. The fourth-order valence-electron chi connectivity index (χ4n) is 2.65. The van der Waals surface area contributed by atoms with Crippen LogP contribution < -0.4 is 5.32 Å². The van der Waals surface area contributed by atoms with Crippen LogP contribution in [-0.2, 0) is 25.7 Å². The molecule has 2 rings (SSSR count). The highest BCUT2D eigenvalue weighted by Gasteiger charge is 2.46. The molecule has 0 aliphatic carbocycles. The van der Waals surface area contributed by atoms with Gasteiger partial charge in [-0.05, 0) is 38.8 Å². The number of aromatic nitrogens is 1. The predicted octanol–water partition coefficient (Wildman–Crippen LogP) is 2.26. The number of amides is 1. The SMILES string of the molecule is COC1CCN(S(=O)(=O)C(C)(C)C(=O)Nc2ccc(C(F)(F)F)cn2)CC1. The Bertz CT molecular complexity index is 771. The van der Waals surface area contributed by atoms with E-state index >= 15 is 0 Å². The maximum atomic E-state index is 12.9. The van der Waals surface area contributed by atoms with Crippen molar-refractivity contribution in [3.63, 3.8) is 0 Å². The molecule has 27 heavy (non-hydrogen) atoms. The molecule has 1 aromatic rings. The number of ether oxygens (including phenoxy) is 1. The van der Waals surface area contributed by atoms with Gasteiger partial charge in [0, 0.05) is 26.4 Å². The van der Waals surface area contributed by atoms with Crippen LogP contribution in [0, 0.1) is 0 Å². The fourth-order valence-corrected chi connectivity index (χ4v) is 4.27. The van der Waals surface area contributed by atoms with Crippen molar-refractivity contribution in [3.05, 3.63) is 23.9 Å². The Kier molecular flexibility index (Phi) is 6.17. The molecule has 1 amide bonds. The summed E-state index contributed by atoms with van der Waals surface area (Å²) in [6.45, 7) is 2.97. The second kappa shape index (κ2) is 7.72. The molecule has 0 saturated carbocycles. The van der Waals surface area contributed by atoms with Gasteiger partial charge in [0.05, 0.1) is 11.7 Å². The van der Waals surface area contributed by atoms with E-state index in [0.29, 0.717) is 19.0 Å². The summed E-state index contributed by atoms with van der Waals surface area (Å²) in [4.78, 5) is 16.1. The first kappa shape index (κ1) is 21.6. The summed E-state index contributed by atoms with van der Waals surface area (Å²) in [5.41, 5.74) is -0.964. The summed E-state index contributed by atoms with van der Waals surface area (Å²) < 4.78 is 68.1. The molecule has 0 unspecified atom stereocenters. The van der Waals surface area contributed by atoms with Crippen LogP contribution in [0.3, 0.4) is 0 Å². The van der Waals surface area contributed by atoms with E-state index in [2.05, 4.69) is 10.3 Å². The minimum Gasteiger partial charge on any atom is -0.381 e. The number of sulfonamides is 1. The molecule has 1 N–H and O–H groups in total. The molecule has 1 aliphatic heterocycles. The summed E-state index contributed by atoms with van der Waals surface area (Å²) in [5.74, 6) is -1.03. The largest absolute Gasteiger partial charge is 0.417 e. The zero-order valence-electron chi connectivity index (χ0n) is 15.2. The smallest absolute Gasteiger partial charge is 0.381 e. The van der Waals surface area contributed by atoms with Gasteiger partial charge in [-0.15, -0.1) is 0 Å². The highest BCUT2D eigenvalue weighted by molar-refractivity contribution is 7.91. The Morgan fingerprint density at radius 2 is 1.85 bits per heavy atom. The van der Waals surface area contributed by atoms with Crippen LogP contribution >= 0.6 is 0 Å². The van der Waals surface area contributed by atoms with Gasteiger partial charge < -0.3 is 10.1 Å². The minimum absolute atomic E-state index is 0.0234. The van der Waals surface area contributed by atoms with Crippen molar-refractivity contribution in [2.24, 2.45) is 0 Å². The molecule has 0 radical (unpaired) electrons. The molecule has 0 atom stereocenters. The lowest BCUT2D eigenvalue weighted by Crippen LogP contribution is -2.54. The standard InChI is InChI=1S/C16H22F3N3O4S/c1-15(2,27(24,25)22-8-6-12(26-3)7-9-22)14(23)21-13-5-4-11(10-20-13)16(17,18)19/h4-5,10,12H,6-9H2,1-3H3,(H,20,21,23). The monoisotopic (exact) mass is 409 g/mol. The Morgan fingerprint density at radius 1 is 1.26 bits per heavy atom. The summed E-state index contributed by atoms with van der Waals surface area (Å²) in [6.07, 6.45) is -2.95. The number of halogens is 3. The molecule has 7 nitrogen and oxygen atoms in total. The normalized spacial score (nSPS) is 17.7. The topological polar surface area (TPSA) is 88.6 Å². The number of alkyl halides is 3. The molecule has 1 fully saturated rings. The lowest BCUT2D eigenvalue weighted by molar-refractivity contribution is -0.137. The van der Waals surface area contributed by atoms with Crippen molar-refractivity contribution in [2.75, 3.05) is 25.5 Å². The lowest BCUT2D eigenvalue weighted by atomic mass is 10.1. The highest BCUT2D eigenvalue weighted by Crippen LogP contribution is 2.30. The number of nitrogens with zero attached hydrogens (tertiary/aromatic N) is 2. The van der Waals surface area contributed by atoms with Gasteiger partial charge in [-0.25, -0.2) is 17.7 Å². The van der Waals surface area contributed by atoms with Gasteiger partial charge in [-0.2, -0.15) is 13.2 Å². The second-order valence-electron chi connectivity index (χ2n) is 6.73. The number of carbonyl (C=O) groups is 1. The second-order valence-corrected chi connectivity index (χ2v) is 9.22. The first-order valence-corrected chi connectivity index (χ1v) is 9.71. The van der Waals surface area contributed by atoms with Crippen LogP contribution in [0.5, 0.6) is 0 Å². The van der Waals surface area contributed by atoms with Gasteiger partial charge in [-0.3, -0.25) is 4.79 Å². The summed E-state index contributed by atoms with van der Waals surface area (Å²) >= 11 is 0. The molecular weight excluding hydrogens is 387 g/mol. The number of methoxy groups -OCH3 is 1. The summed E-state index contributed by atoms with van der Waals surface area (Å²) in [5, 5.41) is 2.28. The number of rotatable bonds is 5. The highest BCUT2D eigenvalue weighted by atomic mass is 32.2. The quantitative estimate of drug-likeness (QED) is 0.806. The Labute approximate surface area is 156 Å². The summed E-state index contributed by atoms with van der Waals surface area (Å²) in [7, 11) is -2.43. The van der Waals surface area contributed by atoms with Crippen LogP contribution in [-0.4, -0.2) is 54.7 Å². The molecule has 2 heterocycles. The first-order valence-electron chi connectivity index (χ1n) is 8.27. The number of hydrogen-bond donors (Lipinski definition) is 1. The van der Waals surface area contributed by atoms with E-state index in [1.807, 2.05) is 0 Å². The van der Waals surface area contributed by atoms with Gasteiger partial charge in [0.25, 0.3) is 0 Å². The van der Waals surface area contributed by atoms with E-state index < -0.39 is 32.4 Å². The molecule has 0 aromatic carbocycles. The average molecular weight is 409 g/mol. The van der Waals surface area contributed by atoms with Gasteiger partial charge in [-0.1, -0.05) is 0 Å². The predicted molar refractivity (Wildman–Crippen MR) is 92.5 cm³/mol. The van der Waals surface area contributed by atoms with Crippen molar-refractivity contribution in [1.29, 1.82) is 0 Å². The van der Waals surface area contributed by atoms with E-state index in [1.54, 1.807) is 7.11 Å². The molecule has 0 spiro atoms. The van der Waals surface area contributed by atoms with E-state index in [-0.39, 0.29) is 25.0 Å². The number of hydrogen-bond acceptors (Lipinski definition) is 5. The maximum Gasteiger partial charge on any atom is 0.417 e. The van der Waals surface area contributed by atoms with E-state index in [1.165, 1.54) is 18.2 Å². The summed E-state index contributed by atoms with van der Waals surface area (Å²) in [6, 6.07) is 1.74. The average Bonchev–Trinajstić information content (AvgIpc) is 2.61. The molecule has 1 saturated heterocycles. The molecule has 0 bridgehead atoms. The van der Waals surface area contributed by atoms with Crippen molar-refractivity contribution in [3.8, 4) is 0 Å². The van der Waals surface area contributed by atoms with Crippen molar-refractivity contribution in [2.45, 2.75) is 43.7 Å². The van der Waals surface area contributed by atoms with Crippen LogP contribution in [0.15, 0.2) is 18.3 Å². The molecular formula is C16H22F3N3O4S. The Hall–Kier alpha value is -1.72. The molecule has 11 heteroatoms. The zero-order chi connectivity index (χ0) is 20.5. The zero-order valence-corrected chi connectivity index (χ0v) is 16.0. The number of carbonyl (C=O) groups excluding carboxylic acids is 1. The lowest BCUT2D eigenvalue weighted by Gasteiger charge is -2.35. The molecule has 152 valence electrons. The number of pyridine rings is 1. The van der Waals surface area contributed by atoms with E-state index in [0.717, 1.165) is 12.1 Å². The van der Waals surface area contributed by atoms with Gasteiger partial charge in [0.15, 0.2) is 4.75 Å². The third-order valence-corrected chi connectivity index (χ3v) is 7.12. The Balaban J connectivity index is 2.12. The number of anilines is 1. The number of nitrogens with one attached hydrogen (secondary N) is 1. The van der Waals surface area contributed by atoms with Crippen LogP contribution in [0.1, 0.15) is 32.3 Å². The van der Waals surface area contributed by atoms with Gasteiger partial charge >= 0.3 is 6.18 Å². The van der Waals surface area contributed by atoms with Crippen LogP contribution in [0.2, 0.25) is 0 Å². The third-order valence-electron chi connectivity index (χ3n) is 4.60. The van der Waals surface area contributed by atoms with Crippen LogP contribution in [0.25, 0.3) is 0 Å². The van der Waals surface area contributed by atoms with Crippen molar-refractivity contribution in [1.82, 2.24) is 9.29 Å². The maximum absolute atomic E-state index is 12.9. The fraction of sp³-hybridized carbons (Fsp3) is 0.625. The van der Waals surface area contributed by atoms with Gasteiger partial charge in [0.1, 0.15) is 5.82 Å².